The first-order valence-corrected chi connectivity index (χ1v) is 5.30. The van der Waals surface area contributed by atoms with Crippen LogP contribution in [0.2, 0.25) is 0 Å². The molecule has 0 fully saturated rings. The molecule has 76 valence electrons. The van der Waals surface area contributed by atoms with Gasteiger partial charge in [0, 0.05) is 17.1 Å². The smallest absolute Gasteiger partial charge is 0.151 e. The van der Waals surface area contributed by atoms with Crippen LogP contribution in [0, 0.1) is 0 Å². The highest BCUT2D eigenvalue weighted by atomic mass is 16.5. The van der Waals surface area contributed by atoms with Crippen molar-refractivity contribution in [1.82, 2.24) is 4.40 Å². The van der Waals surface area contributed by atoms with E-state index in [-0.39, 0.29) is 0 Å². The third-order valence-electron chi connectivity index (χ3n) is 3.10. The van der Waals surface area contributed by atoms with Crippen LogP contribution in [0.1, 0.15) is 5.56 Å². The minimum atomic E-state index is 0.927. The lowest BCUT2D eigenvalue weighted by Crippen LogP contribution is -1.92. The average Bonchev–Trinajstić information content (AvgIpc) is 2.68. The van der Waals surface area contributed by atoms with E-state index in [2.05, 4.69) is 34.9 Å². The van der Waals surface area contributed by atoms with E-state index in [4.69, 9.17) is 4.74 Å². The molecule has 4 rings (SSSR count). The quantitative estimate of drug-likeness (QED) is 0.550. The zero-order chi connectivity index (χ0) is 10.5. The summed E-state index contributed by atoms with van der Waals surface area (Å²) in [5, 5.41) is 1.27. The fourth-order valence-electron chi connectivity index (χ4n) is 2.43. The van der Waals surface area contributed by atoms with Crippen LogP contribution in [0.3, 0.4) is 0 Å². The molecule has 0 atom stereocenters. The van der Waals surface area contributed by atoms with E-state index < -0.39 is 0 Å². The summed E-state index contributed by atoms with van der Waals surface area (Å²) in [6.07, 6.45) is 5.86. The maximum Gasteiger partial charge on any atom is 0.151 e. The number of fused-ring (bicyclic) bond motifs is 3. The molecule has 0 amide bonds. The van der Waals surface area contributed by atoms with Gasteiger partial charge in [-0.3, -0.25) is 0 Å². The SMILES string of the molecule is C1=Cc2c3ccccc3n3cccc(c23)O1. The molecular formula is C14H9NO. The molecule has 0 N–H and O–H groups in total. The van der Waals surface area contributed by atoms with Gasteiger partial charge in [0.25, 0.3) is 0 Å². The van der Waals surface area contributed by atoms with Gasteiger partial charge < -0.3 is 9.14 Å². The Labute approximate surface area is 92.4 Å². The topological polar surface area (TPSA) is 13.6 Å². The predicted molar refractivity (Wildman–Crippen MR) is 64.6 cm³/mol. The second kappa shape index (κ2) is 2.67. The fourth-order valence-corrected chi connectivity index (χ4v) is 2.43. The van der Waals surface area contributed by atoms with Crippen LogP contribution >= 0.6 is 0 Å². The number of para-hydroxylation sites is 1. The zero-order valence-electron chi connectivity index (χ0n) is 8.55. The van der Waals surface area contributed by atoms with Gasteiger partial charge in [-0.15, -0.1) is 0 Å². The average molecular weight is 207 g/mol. The standard InChI is InChI=1S/C14H9NO/c1-2-5-12-10(4-1)11-7-9-16-13-6-3-8-15(12)14(11)13/h1-9H. The van der Waals surface area contributed by atoms with Crippen LogP contribution in [0.15, 0.2) is 48.9 Å². The number of rotatable bonds is 0. The minimum Gasteiger partial charge on any atom is -0.463 e. The molecule has 3 aromatic rings. The number of hydrogen-bond acceptors (Lipinski definition) is 1. The number of benzene rings is 1. The second-order valence-electron chi connectivity index (χ2n) is 3.94. The van der Waals surface area contributed by atoms with E-state index in [0.717, 1.165) is 11.3 Å². The van der Waals surface area contributed by atoms with Gasteiger partial charge in [0.15, 0.2) is 5.75 Å². The number of hydrogen-bond donors (Lipinski definition) is 0. The van der Waals surface area contributed by atoms with Crippen LogP contribution in [0.5, 0.6) is 5.75 Å². The molecule has 2 nitrogen and oxygen atoms in total. The van der Waals surface area contributed by atoms with Crippen LogP contribution in [0.25, 0.3) is 22.5 Å². The first-order valence-electron chi connectivity index (χ1n) is 5.30. The van der Waals surface area contributed by atoms with Crippen molar-refractivity contribution in [3.8, 4) is 5.75 Å². The van der Waals surface area contributed by atoms with Gasteiger partial charge >= 0.3 is 0 Å². The van der Waals surface area contributed by atoms with Gasteiger partial charge in [-0.2, -0.15) is 0 Å². The van der Waals surface area contributed by atoms with Crippen molar-refractivity contribution in [1.29, 1.82) is 0 Å². The Morgan fingerprint density at radius 3 is 2.94 bits per heavy atom. The fraction of sp³-hybridized carbons (Fsp3) is 0. The Balaban J connectivity index is 2.40. The van der Waals surface area contributed by atoms with Crippen molar-refractivity contribution in [2.75, 3.05) is 0 Å². The molecule has 0 unspecified atom stereocenters. The summed E-state index contributed by atoms with van der Waals surface area (Å²) >= 11 is 0. The molecule has 2 heteroatoms. The van der Waals surface area contributed by atoms with Crippen LogP contribution in [0.4, 0.5) is 0 Å². The largest absolute Gasteiger partial charge is 0.463 e. The molecule has 3 heterocycles. The normalized spacial score (nSPS) is 13.2. The molecule has 0 spiro atoms. The predicted octanol–water partition coefficient (Wildman–Crippen LogP) is 3.46. The van der Waals surface area contributed by atoms with Crippen molar-refractivity contribution in [2.45, 2.75) is 0 Å². The first kappa shape index (κ1) is 7.99. The maximum absolute atomic E-state index is 5.52. The van der Waals surface area contributed by atoms with Crippen molar-refractivity contribution < 1.29 is 4.74 Å². The van der Waals surface area contributed by atoms with E-state index in [9.17, 15) is 0 Å². The van der Waals surface area contributed by atoms with E-state index in [0.29, 0.717) is 0 Å². The van der Waals surface area contributed by atoms with Crippen molar-refractivity contribution >= 4 is 22.5 Å². The number of ether oxygens (including phenoxy) is 1. The summed E-state index contributed by atoms with van der Waals surface area (Å²) in [5.41, 5.74) is 3.63. The van der Waals surface area contributed by atoms with Crippen LogP contribution in [-0.4, -0.2) is 4.40 Å². The van der Waals surface area contributed by atoms with Crippen molar-refractivity contribution in [3.05, 3.63) is 54.4 Å². The van der Waals surface area contributed by atoms with Gasteiger partial charge in [0.2, 0.25) is 0 Å². The first-order chi connectivity index (χ1) is 7.95. The van der Waals surface area contributed by atoms with E-state index >= 15 is 0 Å². The monoisotopic (exact) mass is 207 g/mol. The number of pyridine rings is 1. The van der Waals surface area contributed by atoms with Gasteiger partial charge in [0.05, 0.1) is 17.3 Å². The third-order valence-corrected chi connectivity index (χ3v) is 3.10. The number of nitrogens with zero attached hydrogens (tertiary/aromatic N) is 1. The molecular weight excluding hydrogens is 198 g/mol. The van der Waals surface area contributed by atoms with E-state index in [1.54, 1.807) is 6.26 Å². The Morgan fingerprint density at radius 1 is 1.00 bits per heavy atom. The van der Waals surface area contributed by atoms with Gasteiger partial charge in [0.1, 0.15) is 0 Å². The molecule has 0 saturated carbocycles. The summed E-state index contributed by atoms with van der Waals surface area (Å²) in [6.45, 7) is 0. The maximum atomic E-state index is 5.52. The Kier molecular flexibility index (Phi) is 1.33. The minimum absolute atomic E-state index is 0.927. The van der Waals surface area contributed by atoms with Crippen molar-refractivity contribution in [3.63, 3.8) is 0 Å². The lowest BCUT2D eigenvalue weighted by molar-refractivity contribution is 0.486. The van der Waals surface area contributed by atoms with Gasteiger partial charge in [-0.25, -0.2) is 0 Å². The molecule has 0 saturated heterocycles. The summed E-state index contributed by atoms with van der Waals surface area (Å²) in [4.78, 5) is 0. The molecule has 0 aliphatic carbocycles. The van der Waals surface area contributed by atoms with Crippen LogP contribution < -0.4 is 4.74 Å². The molecule has 1 aliphatic rings. The molecule has 16 heavy (non-hydrogen) atoms. The van der Waals surface area contributed by atoms with Gasteiger partial charge in [-0.1, -0.05) is 18.2 Å². The molecule has 0 radical (unpaired) electrons. The Morgan fingerprint density at radius 2 is 1.94 bits per heavy atom. The van der Waals surface area contributed by atoms with Crippen LogP contribution in [-0.2, 0) is 0 Å². The summed E-state index contributed by atoms with van der Waals surface area (Å²) < 4.78 is 7.71. The van der Waals surface area contributed by atoms with E-state index in [1.165, 1.54) is 16.5 Å². The second-order valence-corrected chi connectivity index (χ2v) is 3.94. The van der Waals surface area contributed by atoms with Gasteiger partial charge in [-0.05, 0) is 24.3 Å². The summed E-state index contributed by atoms with van der Waals surface area (Å²) in [7, 11) is 0. The third kappa shape index (κ3) is 0.823. The van der Waals surface area contributed by atoms with E-state index in [1.807, 2.05) is 18.2 Å². The van der Waals surface area contributed by atoms with Crippen molar-refractivity contribution in [2.24, 2.45) is 0 Å². The highest BCUT2D eigenvalue weighted by Gasteiger charge is 2.15. The highest BCUT2D eigenvalue weighted by molar-refractivity contribution is 6.00. The highest BCUT2D eigenvalue weighted by Crippen LogP contribution is 2.35. The lowest BCUT2D eigenvalue weighted by atomic mass is 10.1. The lowest BCUT2D eigenvalue weighted by Gasteiger charge is -2.08. The summed E-state index contributed by atoms with van der Waals surface area (Å²) in [5.74, 6) is 0.927. The number of aromatic nitrogens is 1. The Bertz CT molecular complexity index is 737. The molecule has 1 aromatic carbocycles. The summed E-state index contributed by atoms with van der Waals surface area (Å²) in [6, 6.07) is 12.4. The Hall–Kier alpha value is -2.22. The molecule has 1 aliphatic heterocycles. The molecule has 2 aromatic heterocycles. The zero-order valence-corrected chi connectivity index (χ0v) is 8.55. The molecule has 0 bridgehead atoms.